The molecule has 1 heterocycles. The predicted octanol–water partition coefficient (Wildman–Crippen LogP) is 1.45. The summed E-state index contributed by atoms with van der Waals surface area (Å²) in [5.74, 6) is -0.158. The molecule has 4 heteroatoms. The highest BCUT2D eigenvalue weighted by atomic mass is 16.3. The van der Waals surface area contributed by atoms with Crippen LogP contribution in [0.15, 0.2) is 36.9 Å². The van der Waals surface area contributed by atoms with Crippen LogP contribution in [-0.4, -0.2) is 30.2 Å². The number of hydrogen-bond donors (Lipinski definition) is 2. The Hall–Kier alpha value is -1.81. The molecular weight excluding hydrogens is 240 g/mol. The van der Waals surface area contributed by atoms with Crippen molar-refractivity contribution in [3.8, 4) is 0 Å². The summed E-state index contributed by atoms with van der Waals surface area (Å²) in [6.45, 7) is 5.73. The van der Waals surface area contributed by atoms with Crippen molar-refractivity contribution in [3.63, 3.8) is 0 Å². The van der Waals surface area contributed by atoms with Crippen molar-refractivity contribution in [2.75, 3.05) is 18.0 Å². The molecule has 1 aromatic carbocycles. The third kappa shape index (κ3) is 3.83. The van der Waals surface area contributed by atoms with Crippen LogP contribution in [0.1, 0.15) is 18.4 Å². The lowest BCUT2D eigenvalue weighted by Crippen LogP contribution is -2.35. The average Bonchev–Trinajstić information content (AvgIpc) is 2.46. The molecule has 0 aliphatic carbocycles. The number of amides is 1. The van der Waals surface area contributed by atoms with Crippen LogP contribution < -0.4 is 10.2 Å². The van der Waals surface area contributed by atoms with Crippen molar-refractivity contribution in [1.82, 2.24) is 5.32 Å². The lowest BCUT2D eigenvalue weighted by Gasteiger charge is -2.31. The van der Waals surface area contributed by atoms with Gasteiger partial charge < -0.3 is 15.3 Å². The Kier molecular flexibility index (Phi) is 4.58. The minimum atomic E-state index is -0.158. The molecule has 19 heavy (non-hydrogen) atoms. The SMILES string of the molecule is C=CC(=O)NCc1ccc(N2CCC(O)CC2)cc1. The molecule has 0 atom stereocenters. The molecule has 2 rings (SSSR count). The minimum Gasteiger partial charge on any atom is -0.393 e. The number of aliphatic hydroxyl groups is 1. The van der Waals surface area contributed by atoms with Crippen LogP contribution in [0, 0.1) is 0 Å². The summed E-state index contributed by atoms with van der Waals surface area (Å²) >= 11 is 0. The van der Waals surface area contributed by atoms with E-state index in [9.17, 15) is 9.90 Å². The van der Waals surface area contributed by atoms with Crippen molar-refractivity contribution in [3.05, 3.63) is 42.5 Å². The minimum absolute atomic E-state index is 0.148. The third-order valence-corrected chi connectivity index (χ3v) is 3.42. The number of aliphatic hydroxyl groups excluding tert-OH is 1. The van der Waals surface area contributed by atoms with Gasteiger partial charge in [0.2, 0.25) is 5.91 Å². The van der Waals surface area contributed by atoms with Gasteiger partial charge in [-0.05, 0) is 36.6 Å². The largest absolute Gasteiger partial charge is 0.393 e. The fourth-order valence-corrected chi connectivity index (χ4v) is 2.21. The summed E-state index contributed by atoms with van der Waals surface area (Å²) in [6.07, 6.45) is 2.78. The zero-order valence-corrected chi connectivity index (χ0v) is 11.0. The Morgan fingerprint density at radius 3 is 2.58 bits per heavy atom. The van der Waals surface area contributed by atoms with Gasteiger partial charge in [0, 0.05) is 25.3 Å². The topological polar surface area (TPSA) is 52.6 Å². The van der Waals surface area contributed by atoms with Gasteiger partial charge in [-0.15, -0.1) is 0 Å². The van der Waals surface area contributed by atoms with Crippen LogP contribution in [0.25, 0.3) is 0 Å². The number of nitrogens with one attached hydrogen (secondary N) is 1. The van der Waals surface area contributed by atoms with Crippen LogP contribution in [0.5, 0.6) is 0 Å². The highest BCUT2D eigenvalue weighted by Gasteiger charge is 2.16. The Bertz CT molecular complexity index is 434. The van der Waals surface area contributed by atoms with Gasteiger partial charge in [-0.2, -0.15) is 0 Å². The zero-order chi connectivity index (χ0) is 13.7. The number of hydrogen-bond acceptors (Lipinski definition) is 3. The molecule has 4 nitrogen and oxygen atoms in total. The van der Waals surface area contributed by atoms with Crippen LogP contribution >= 0.6 is 0 Å². The van der Waals surface area contributed by atoms with E-state index < -0.39 is 0 Å². The summed E-state index contributed by atoms with van der Waals surface area (Å²) in [5.41, 5.74) is 2.24. The van der Waals surface area contributed by atoms with Gasteiger partial charge >= 0.3 is 0 Å². The van der Waals surface area contributed by atoms with E-state index in [2.05, 4.69) is 28.9 Å². The van der Waals surface area contributed by atoms with E-state index in [4.69, 9.17) is 0 Å². The number of carbonyl (C=O) groups excluding carboxylic acids is 1. The van der Waals surface area contributed by atoms with Gasteiger partial charge in [0.15, 0.2) is 0 Å². The first-order chi connectivity index (χ1) is 9.19. The van der Waals surface area contributed by atoms with E-state index in [-0.39, 0.29) is 12.0 Å². The Morgan fingerprint density at radius 1 is 1.37 bits per heavy atom. The lowest BCUT2D eigenvalue weighted by molar-refractivity contribution is -0.116. The van der Waals surface area contributed by atoms with Crippen LogP contribution in [-0.2, 0) is 11.3 Å². The van der Waals surface area contributed by atoms with Crippen molar-refractivity contribution in [2.24, 2.45) is 0 Å². The fourth-order valence-electron chi connectivity index (χ4n) is 2.21. The molecule has 0 bridgehead atoms. The fraction of sp³-hybridized carbons (Fsp3) is 0.400. The van der Waals surface area contributed by atoms with E-state index in [1.54, 1.807) is 0 Å². The van der Waals surface area contributed by atoms with Gasteiger partial charge in [0.05, 0.1) is 6.10 Å². The van der Waals surface area contributed by atoms with Crippen molar-refractivity contribution < 1.29 is 9.90 Å². The molecule has 0 aromatic heterocycles. The third-order valence-electron chi connectivity index (χ3n) is 3.42. The highest BCUT2D eigenvalue weighted by molar-refractivity contribution is 5.86. The first kappa shape index (κ1) is 13.6. The normalized spacial score (nSPS) is 16.2. The first-order valence-electron chi connectivity index (χ1n) is 6.61. The standard InChI is InChI=1S/C15H20N2O2/c1-2-15(19)16-11-12-3-5-13(6-4-12)17-9-7-14(18)8-10-17/h2-6,14,18H,1,7-11H2,(H,16,19). The number of rotatable bonds is 4. The smallest absolute Gasteiger partial charge is 0.243 e. The van der Waals surface area contributed by atoms with Crippen molar-refractivity contribution >= 4 is 11.6 Å². The molecule has 1 aromatic rings. The summed E-state index contributed by atoms with van der Waals surface area (Å²) < 4.78 is 0. The molecule has 1 saturated heterocycles. The van der Waals surface area contributed by atoms with E-state index in [0.29, 0.717) is 6.54 Å². The molecule has 1 aliphatic rings. The maximum Gasteiger partial charge on any atom is 0.243 e. The molecule has 1 fully saturated rings. The zero-order valence-electron chi connectivity index (χ0n) is 11.0. The number of piperidine rings is 1. The van der Waals surface area contributed by atoms with E-state index >= 15 is 0 Å². The number of carbonyl (C=O) groups is 1. The van der Waals surface area contributed by atoms with Crippen molar-refractivity contribution in [1.29, 1.82) is 0 Å². The second-order valence-electron chi connectivity index (χ2n) is 4.81. The maximum absolute atomic E-state index is 11.1. The number of anilines is 1. The molecule has 0 unspecified atom stereocenters. The second kappa shape index (κ2) is 6.38. The monoisotopic (exact) mass is 260 g/mol. The van der Waals surface area contributed by atoms with E-state index in [1.807, 2.05) is 12.1 Å². The molecule has 2 N–H and O–H groups in total. The maximum atomic E-state index is 11.1. The number of nitrogens with zero attached hydrogens (tertiary/aromatic N) is 1. The van der Waals surface area contributed by atoms with Gasteiger partial charge in [0.25, 0.3) is 0 Å². The molecule has 102 valence electrons. The number of benzene rings is 1. The molecule has 0 spiro atoms. The first-order valence-corrected chi connectivity index (χ1v) is 6.61. The second-order valence-corrected chi connectivity index (χ2v) is 4.81. The van der Waals surface area contributed by atoms with Gasteiger partial charge in [-0.25, -0.2) is 0 Å². The molecule has 0 radical (unpaired) electrons. The summed E-state index contributed by atoms with van der Waals surface area (Å²) in [5, 5.41) is 12.2. The van der Waals surface area contributed by atoms with Crippen molar-refractivity contribution in [2.45, 2.75) is 25.5 Å². The van der Waals surface area contributed by atoms with Crippen LogP contribution in [0.4, 0.5) is 5.69 Å². The Morgan fingerprint density at radius 2 is 2.00 bits per heavy atom. The average molecular weight is 260 g/mol. The molecular formula is C15H20N2O2. The summed E-state index contributed by atoms with van der Waals surface area (Å²) in [7, 11) is 0. The lowest BCUT2D eigenvalue weighted by atomic mass is 10.1. The van der Waals surface area contributed by atoms with Gasteiger partial charge in [-0.1, -0.05) is 18.7 Å². The predicted molar refractivity (Wildman–Crippen MR) is 75.9 cm³/mol. The van der Waals surface area contributed by atoms with Crippen LogP contribution in [0.2, 0.25) is 0 Å². The Labute approximate surface area is 113 Å². The molecule has 1 amide bonds. The van der Waals surface area contributed by atoms with Gasteiger partial charge in [0.1, 0.15) is 0 Å². The van der Waals surface area contributed by atoms with E-state index in [0.717, 1.165) is 31.5 Å². The molecule has 0 saturated carbocycles. The quantitative estimate of drug-likeness (QED) is 0.806. The Balaban J connectivity index is 1.91. The highest BCUT2D eigenvalue weighted by Crippen LogP contribution is 2.20. The summed E-state index contributed by atoms with van der Waals surface area (Å²) in [6, 6.07) is 8.16. The molecule has 1 aliphatic heterocycles. The summed E-state index contributed by atoms with van der Waals surface area (Å²) in [4.78, 5) is 13.3. The van der Waals surface area contributed by atoms with E-state index in [1.165, 1.54) is 11.8 Å². The van der Waals surface area contributed by atoms with Gasteiger partial charge in [-0.3, -0.25) is 4.79 Å². The van der Waals surface area contributed by atoms with Crippen LogP contribution in [0.3, 0.4) is 0 Å².